The molecule has 0 fully saturated rings. The Morgan fingerprint density at radius 1 is 1.43 bits per heavy atom. The Bertz CT molecular complexity index is 663. The van der Waals surface area contributed by atoms with Crippen LogP contribution < -0.4 is 4.74 Å². The number of methoxy groups -OCH3 is 1. The average Bonchev–Trinajstić information content (AvgIpc) is 2.47. The summed E-state index contributed by atoms with van der Waals surface area (Å²) in [6.07, 6.45) is 0.776. The van der Waals surface area contributed by atoms with Crippen LogP contribution in [0.3, 0.4) is 0 Å². The molecule has 2 aromatic rings. The first-order valence-electron chi connectivity index (χ1n) is 6.13. The van der Waals surface area contributed by atoms with Crippen LogP contribution in [0.2, 0.25) is 0 Å². The van der Waals surface area contributed by atoms with Gasteiger partial charge in [-0.2, -0.15) is 0 Å². The number of nitro groups is 1. The van der Waals surface area contributed by atoms with E-state index in [0.717, 1.165) is 3.57 Å². The van der Waals surface area contributed by atoms with E-state index in [1.165, 1.54) is 13.2 Å². The second-order valence-electron chi connectivity index (χ2n) is 4.32. The van der Waals surface area contributed by atoms with Gasteiger partial charge in [-0.3, -0.25) is 10.1 Å². The maximum absolute atomic E-state index is 11.0. The maximum Gasteiger partial charge on any atom is 0.272 e. The number of benzene rings is 1. The first-order valence-corrected chi connectivity index (χ1v) is 7.21. The van der Waals surface area contributed by atoms with Gasteiger partial charge in [0.15, 0.2) is 0 Å². The number of aliphatic hydroxyl groups excluding tert-OH is 1. The highest BCUT2D eigenvalue weighted by molar-refractivity contribution is 14.1. The van der Waals surface area contributed by atoms with Gasteiger partial charge in [-0.25, -0.2) is 4.98 Å². The quantitative estimate of drug-likeness (QED) is 0.474. The van der Waals surface area contributed by atoms with Crippen molar-refractivity contribution < 1.29 is 14.8 Å². The van der Waals surface area contributed by atoms with Crippen molar-refractivity contribution in [3.8, 4) is 5.88 Å². The lowest BCUT2D eigenvalue weighted by Crippen LogP contribution is -2.08. The van der Waals surface area contributed by atoms with Gasteiger partial charge in [0.05, 0.1) is 23.7 Å². The fourth-order valence-corrected chi connectivity index (χ4v) is 2.82. The van der Waals surface area contributed by atoms with E-state index >= 15 is 0 Å². The van der Waals surface area contributed by atoms with E-state index in [0.29, 0.717) is 17.0 Å². The molecule has 7 heteroatoms. The summed E-state index contributed by atoms with van der Waals surface area (Å²) < 4.78 is 5.95. The van der Waals surface area contributed by atoms with Gasteiger partial charge in [0.1, 0.15) is 0 Å². The van der Waals surface area contributed by atoms with E-state index in [1.807, 2.05) is 0 Å². The van der Waals surface area contributed by atoms with Crippen LogP contribution in [0.25, 0.3) is 0 Å². The van der Waals surface area contributed by atoms with Crippen LogP contribution in [-0.4, -0.2) is 22.1 Å². The van der Waals surface area contributed by atoms with Gasteiger partial charge >= 0.3 is 0 Å². The van der Waals surface area contributed by atoms with Crippen molar-refractivity contribution in [2.24, 2.45) is 0 Å². The fraction of sp³-hybridized carbons (Fsp3) is 0.214. The molecule has 0 bridgehead atoms. The molecule has 0 amide bonds. The molecule has 1 atom stereocenters. The molecule has 1 aromatic carbocycles. The van der Waals surface area contributed by atoms with Crippen molar-refractivity contribution in [1.82, 2.24) is 4.98 Å². The molecule has 6 nitrogen and oxygen atoms in total. The smallest absolute Gasteiger partial charge is 0.272 e. The van der Waals surface area contributed by atoms with Gasteiger partial charge in [-0.15, -0.1) is 0 Å². The average molecular weight is 400 g/mol. The summed E-state index contributed by atoms with van der Waals surface area (Å²) >= 11 is 2.08. The molecule has 0 aliphatic rings. The molecule has 1 heterocycles. The number of hydrogen-bond acceptors (Lipinski definition) is 5. The number of ether oxygens (including phenoxy) is 1. The van der Waals surface area contributed by atoms with Crippen LogP contribution in [0, 0.1) is 13.7 Å². The van der Waals surface area contributed by atoms with Crippen molar-refractivity contribution in [3.63, 3.8) is 0 Å². The first-order chi connectivity index (χ1) is 10.0. The number of nitrogens with zero attached hydrogens (tertiary/aromatic N) is 2. The molecule has 1 aromatic heterocycles. The molecule has 110 valence electrons. The lowest BCUT2D eigenvalue weighted by atomic mass is 10.0. The normalized spacial score (nSPS) is 12.0. The minimum atomic E-state index is -0.929. The van der Waals surface area contributed by atoms with Crippen LogP contribution >= 0.6 is 22.6 Å². The lowest BCUT2D eigenvalue weighted by molar-refractivity contribution is -0.385. The van der Waals surface area contributed by atoms with Gasteiger partial charge in [-0.05, 0) is 28.7 Å². The second kappa shape index (κ2) is 6.81. The van der Waals surface area contributed by atoms with Crippen molar-refractivity contribution in [2.75, 3.05) is 7.11 Å². The highest BCUT2D eigenvalue weighted by Gasteiger charge is 2.22. The van der Waals surface area contributed by atoms with E-state index in [9.17, 15) is 15.2 Å². The number of rotatable bonds is 5. The molecule has 1 N–H and O–H groups in total. The minimum absolute atomic E-state index is 0.00517. The Labute approximate surface area is 135 Å². The Balaban J connectivity index is 2.35. The zero-order chi connectivity index (χ0) is 15.4. The Morgan fingerprint density at radius 2 is 2.14 bits per heavy atom. The SMILES string of the molecule is COc1nccc(I)c1C(O)Cc1ccccc1[N+](=O)[O-]. The van der Waals surface area contributed by atoms with Gasteiger partial charge < -0.3 is 9.84 Å². The molecule has 0 aliphatic heterocycles. The Hall–Kier alpha value is -1.74. The summed E-state index contributed by atoms with van der Waals surface area (Å²) in [5, 5.41) is 21.4. The van der Waals surface area contributed by atoms with Crippen LogP contribution in [0.5, 0.6) is 5.88 Å². The van der Waals surface area contributed by atoms with Crippen LogP contribution in [-0.2, 0) is 6.42 Å². The topological polar surface area (TPSA) is 85.5 Å². The van der Waals surface area contributed by atoms with Crippen LogP contribution in [0.4, 0.5) is 5.69 Å². The summed E-state index contributed by atoms with van der Waals surface area (Å²) in [6.45, 7) is 0. The molecular formula is C14H13IN2O4. The monoisotopic (exact) mass is 400 g/mol. The third-order valence-electron chi connectivity index (χ3n) is 3.03. The molecule has 21 heavy (non-hydrogen) atoms. The first kappa shape index (κ1) is 15.6. The largest absolute Gasteiger partial charge is 0.481 e. The summed E-state index contributed by atoms with van der Waals surface area (Å²) in [6, 6.07) is 8.12. The molecular weight excluding hydrogens is 387 g/mol. The molecule has 0 spiro atoms. The van der Waals surface area contributed by atoms with Crippen LogP contribution in [0.15, 0.2) is 36.5 Å². The molecule has 0 aliphatic carbocycles. The molecule has 0 saturated heterocycles. The summed E-state index contributed by atoms with van der Waals surface area (Å²) in [5.74, 6) is 0.327. The van der Waals surface area contributed by atoms with Crippen molar-refractivity contribution in [2.45, 2.75) is 12.5 Å². The number of nitro benzene ring substituents is 1. The van der Waals surface area contributed by atoms with E-state index in [2.05, 4.69) is 27.6 Å². The van der Waals surface area contributed by atoms with E-state index < -0.39 is 11.0 Å². The predicted molar refractivity (Wildman–Crippen MR) is 85.3 cm³/mol. The zero-order valence-electron chi connectivity index (χ0n) is 11.2. The van der Waals surface area contributed by atoms with Crippen LogP contribution in [0.1, 0.15) is 17.2 Å². The number of para-hydroxylation sites is 1. The standard InChI is InChI=1S/C14H13IN2O4/c1-21-14-13(10(15)6-7-16-14)12(18)8-9-4-2-3-5-11(9)17(19)20/h2-7,12,18H,8H2,1H3. The summed E-state index contributed by atoms with van der Waals surface area (Å²) in [5.41, 5.74) is 1.00. The van der Waals surface area contributed by atoms with E-state index in [-0.39, 0.29) is 12.1 Å². The number of hydrogen-bond donors (Lipinski definition) is 1. The van der Waals surface area contributed by atoms with E-state index in [1.54, 1.807) is 30.5 Å². The van der Waals surface area contributed by atoms with Gasteiger partial charge in [-0.1, -0.05) is 18.2 Å². The Kier molecular flexibility index (Phi) is 5.07. The predicted octanol–water partition coefficient (Wildman–Crippen LogP) is 2.88. The van der Waals surface area contributed by atoms with Gasteiger partial charge in [0.2, 0.25) is 5.88 Å². The van der Waals surface area contributed by atoms with E-state index in [4.69, 9.17) is 4.74 Å². The van der Waals surface area contributed by atoms with Crippen molar-refractivity contribution in [3.05, 3.63) is 61.3 Å². The highest BCUT2D eigenvalue weighted by atomic mass is 127. The number of aromatic nitrogens is 1. The highest BCUT2D eigenvalue weighted by Crippen LogP contribution is 2.32. The third-order valence-corrected chi connectivity index (χ3v) is 3.97. The number of aliphatic hydroxyl groups is 1. The third kappa shape index (κ3) is 3.48. The van der Waals surface area contributed by atoms with Crippen molar-refractivity contribution >= 4 is 28.3 Å². The fourth-order valence-electron chi connectivity index (χ4n) is 2.07. The molecule has 2 rings (SSSR count). The molecule has 0 saturated carbocycles. The summed E-state index contributed by atoms with van der Waals surface area (Å²) in [7, 11) is 1.47. The number of pyridine rings is 1. The zero-order valence-corrected chi connectivity index (χ0v) is 13.4. The molecule has 1 unspecified atom stereocenters. The Morgan fingerprint density at radius 3 is 2.81 bits per heavy atom. The second-order valence-corrected chi connectivity index (χ2v) is 5.48. The van der Waals surface area contributed by atoms with Gasteiger partial charge in [0.25, 0.3) is 5.69 Å². The minimum Gasteiger partial charge on any atom is -0.481 e. The lowest BCUT2D eigenvalue weighted by Gasteiger charge is -2.15. The maximum atomic E-state index is 11.0. The molecule has 0 radical (unpaired) electrons. The van der Waals surface area contributed by atoms with Gasteiger partial charge in [0, 0.05) is 27.8 Å². The summed E-state index contributed by atoms with van der Waals surface area (Å²) in [4.78, 5) is 14.6. The number of halogens is 1. The van der Waals surface area contributed by atoms with Crippen molar-refractivity contribution in [1.29, 1.82) is 0 Å².